The van der Waals surface area contributed by atoms with E-state index >= 15 is 0 Å². The van der Waals surface area contributed by atoms with E-state index in [0.29, 0.717) is 34.5 Å². The number of amides is 1. The zero-order valence-corrected chi connectivity index (χ0v) is 15.8. The van der Waals surface area contributed by atoms with E-state index in [1.165, 1.54) is 0 Å². The number of rotatable bonds is 8. The van der Waals surface area contributed by atoms with Crippen molar-refractivity contribution in [2.24, 2.45) is 0 Å². The van der Waals surface area contributed by atoms with Crippen LogP contribution < -0.4 is 4.74 Å². The van der Waals surface area contributed by atoms with E-state index in [2.05, 4.69) is 0 Å². The lowest BCUT2D eigenvalue weighted by Gasteiger charge is -2.19. The van der Waals surface area contributed by atoms with Gasteiger partial charge >= 0.3 is 0 Å². The predicted molar refractivity (Wildman–Crippen MR) is 101 cm³/mol. The minimum atomic E-state index is -0.0890. The van der Waals surface area contributed by atoms with E-state index in [9.17, 15) is 4.79 Å². The molecule has 0 aliphatic rings. The van der Waals surface area contributed by atoms with Gasteiger partial charge in [0.15, 0.2) is 0 Å². The lowest BCUT2D eigenvalue weighted by molar-refractivity contribution is 0.0774. The number of ether oxygens (including phenoxy) is 2. The van der Waals surface area contributed by atoms with Crippen LogP contribution in [-0.4, -0.2) is 38.1 Å². The summed E-state index contributed by atoms with van der Waals surface area (Å²) in [4.78, 5) is 14.3. The molecule has 0 bridgehead atoms. The average Bonchev–Trinajstić information content (AvgIpc) is 2.61. The molecule has 0 heterocycles. The fraction of sp³-hybridized carbons (Fsp3) is 0.316. The molecule has 0 aromatic heterocycles. The van der Waals surface area contributed by atoms with Gasteiger partial charge in [-0.05, 0) is 30.7 Å². The molecule has 0 atom stereocenters. The van der Waals surface area contributed by atoms with Crippen LogP contribution in [0.3, 0.4) is 0 Å². The molecule has 2 rings (SSSR count). The van der Waals surface area contributed by atoms with E-state index in [-0.39, 0.29) is 12.5 Å². The van der Waals surface area contributed by atoms with Gasteiger partial charge in [-0.25, -0.2) is 0 Å². The Labute approximate surface area is 158 Å². The van der Waals surface area contributed by atoms with Crippen LogP contribution in [0.15, 0.2) is 42.5 Å². The number of para-hydroxylation sites is 1. The number of carbonyl (C=O) groups is 1. The molecular weight excluding hydrogens is 361 g/mol. The lowest BCUT2D eigenvalue weighted by atomic mass is 10.1. The molecule has 4 nitrogen and oxygen atoms in total. The van der Waals surface area contributed by atoms with E-state index in [4.69, 9.17) is 32.7 Å². The van der Waals surface area contributed by atoms with Crippen molar-refractivity contribution in [3.8, 4) is 5.75 Å². The van der Waals surface area contributed by atoms with Crippen molar-refractivity contribution in [1.82, 2.24) is 4.90 Å². The fourth-order valence-corrected chi connectivity index (χ4v) is 2.78. The first-order valence-electron chi connectivity index (χ1n) is 7.93. The van der Waals surface area contributed by atoms with Crippen molar-refractivity contribution in [3.63, 3.8) is 0 Å². The minimum absolute atomic E-state index is 0.0890. The second-order valence-electron chi connectivity index (χ2n) is 5.59. The molecule has 0 radical (unpaired) electrons. The normalized spacial score (nSPS) is 10.6. The smallest absolute Gasteiger partial charge is 0.257 e. The Morgan fingerprint density at radius 2 is 1.92 bits per heavy atom. The van der Waals surface area contributed by atoms with Crippen molar-refractivity contribution >= 4 is 29.1 Å². The number of benzene rings is 2. The fourth-order valence-electron chi connectivity index (χ4n) is 2.32. The van der Waals surface area contributed by atoms with Gasteiger partial charge in [0.05, 0.1) is 5.56 Å². The van der Waals surface area contributed by atoms with Crippen molar-refractivity contribution in [1.29, 1.82) is 0 Å². The summed E-state index contributed by atoms with van der Waals surface area (Å²) in [7, 11) is 3.41. The van der Waals surface area contributed by atoms with Crippen molar-refractivity contribution in [2.45, 2.75) is 13.0 Å². The molecule has 6 heteroatoms. The summed E-state index contributed by atoms with van der Waals surface area (Å²) in [6.07, 6.45) is 0.780. The molecule has 0 spiro atoms. The highest BCUT2D eigenvalue weighted by atomic mass is 35.5. The monoisotopic (exact) mass is 381 g/mol. The Kier molecular flexibility index (Phi) is 7.56. The summed E-state index contributed by atoms with van der Waals surface area (Å²) >= 11 is 12.1. The molecule has 0 saturated carbocycles. The Morgan fingerprint density at radius 1 is 1.16 bits per heavy atom. The average molecular weight is 382 g/mol. The van der Waals surface area contributed by atoms with Gasteiger partial charge in [-0.3, -0.25) is 4.79 Å². The first kappa shape index (κ1) is 19.6. The molecule has 0 aliphatic carbocycles. The molecule has 1 amide bonds. The van der Waals surface area contributed by atoms with E-state index < -0.39 is 0 Å². The summed E-state index contributed by atoms with van der Waals surface area (Å²) < 4.78 is 10.9. The summed E-state index contributed by atoms with van der Waals surface area (Å²) in [5.41, 5.74) is 1.33. The molecule has 25 heavy (non-hydrogen) atoms. The highest BCUT2D eigenvalue weighted by Crippen LogP contribution is 2.25. The second-order valence-corrected chi connectivity index (χ2v) is 6.44. The van der Waals surface area contributed by atoms with Gasteiger partial charge in [-0.1, -0.05) is 41.4 Å². The Balaban J connectivity index is 2.08. The zero-order valence-electron chi connectivity index (χ0n) is 14.3. The third-order valence-electron chi connectivity index (χ3n) is 3.70. The maximum atomic E-state index is 12.6. The van der Waals surface area contributed by atoms with Crippen LogP contribution in [0.5, 0.6) is 5.75 Å². The van der Waals surface area contributed by atoms with E-state index in [1.54, 1.807) is 43.3 Å². The maximum Gasteiger partial charge on any atom is 0.257 e. The lowest BCUT2D eigenvalue weighted by Crippen LogP contribution is -2.28. The van der Waals surface area contributed by atoms with Crippen molar-refractivity contribution < 1.29 is 14.3 Å². The van der Waals surface area contributed by atoms with E-state index in [0.717, 1.165) is 12.0 Å². The standard InChI is InChI=1S/C19H21Cl2NO3/c1-22(10-5-11-24-2)19(23)16-6-3-4-7-18(16)25-13-14-8-9-15(20)12-17(14)21/h3-4,6-9,12H,5,10-11,13H2,1-2H3. The van der Waals surface area contributed by atoms with Gasteiger partial charge in [0.1, 0.15) is 12.4 Å². The number of hydrogen-bond acceptors (Lipinski definition) is 3. The molecule has 0 unspecified atom stereocenters. The van der Waals surface area contributed by atoms with Crippen molar-refractivity contribution in [3.05, 3.63) is 63.6 Å². The highest BCUT2D eigenvalue weighted by Gasteiger charge is 2.16. The Bertz CT molecular complexity index is 722. The molecule has 134 valence electrons. The van der Waals surface area contributed by atoms with Crippen LogP contribution in [0.1, 0.15) is 22.3 Å². The number of carbonyl (C=O) groups excluding carboxylic acids is 1. The van der Waals surface area contributed by atoms with Crippen LogP contribution in [0, 0.1) is 0 Å². The zero-order chi connectivity index (χ0) is 18.2. The molecule has 0 saturated heterocycles. The van der Waals surface area contributed by atoms with Gasteiger partial charge in [0.2, 0.25) is 0 Å². The highest BCUT2D eigenvalue weighted by molar-refractivity contribution is 6.35. The van der Waals surface area contributed by atoms with Crippen LogP contribution >= 0.6 is 23.2 Å². The number of methoxy groups -OCH3 is 1. The molecule has 0 fully saturated rings. The predicted octanol–water partition coefficient (Wildman–Crippen LogP) is 4.68. The summed E-state index contributed by atoms with van der Waals surface area (Å²) in [5.74, 6) is 0.436. The van der Waals surface area contributed by atoms with Crippen LogP contribution in [0.2, 0.25) is 10.0 Å². The Hall–Kier alpha value is -1.75. The van der Waals surface area contributed by atoms with Crippen LogP contribution in [-0.2, 0) is 11.3 Å². The SMILES string of the molecule is COCCCN(C)C(=O)c1ccccc1OCc1ccc(Cl)cc1Cl. The molecule has 0 N–H and O–H groups in total. The second kappa shape index (κ2) is 9.66. The number of halogens is 2. The van der Waals surface area contributed by atoms with Crippen LogP contribution in [0.4, 0.5) is 0 Å². The van der Waals surface area contributed by atoms with Gasteiger partial charge in [0.25, 0.3) is 5.91 Å². The molecular formula is C19H21Cl2NO3. The van der Waals surface area contributed by atoms with E-state index in [1.807, 2.05) is 18.2 Å². The van der Waals surface area contributed by atoms with Gasteiger partial charge in [0, 0.05) is 42.9 Å². The third kappa shape index (κ3) is 5.63. The van der Waals surface area contributed by atoms with Gasteiger partial charge < -0.3 is 14.4 Å². The number of hydrogen-bond donors (Lipinski definition) is 0. The summed E-state index contributed by atoms with van der Waals surface area (Å²) in [6, 6.07) is 12.4. The first-order chi connectivity index (χ1) is 12.0. The minimum Gasteiger partial charge on any atom is -0.488 e. The largest absolute Gasteiger partial charge is 0.488 e. The van der Waals surface area contributed by atoms with Crippen LogP contribution in [0.25, 0.3) is 0 Å². The summed E-state index contributed by atoms with van der Waals surface area (Å²) in [6.45, 7) is 1.49. The maximum absolute atomic E-state index is 12.6. The van der Waals surface area contributed by atoms with Gasteiger partial charge in [-0.15, -0.1) is 0 Å². The molecule has 2 aromatic rings. The van der Waals surface area contributed by atoms with Gasteiger partial charge in [-0.2, -0.15) is 0 Å². The molecule has 2 aromatic carbocycles. The quantitative estimate of drug-likeness (QED) is 0.623. The topological polar surface area (TPSA) is 38.8 Å². The number of nitrogens with zero attached hydrogens (tertiary/aromatic N) is 1. The molecule has 0 aliphatic heterocycles. The summed E-state index contributed by atoms with van der Waals surface area (Å²) in [5, 5.41) is 1.11. The Morgan fingerprint density at radius 3 is 2.64 bits per heavy atom. The first-order valence-corrected chi connectivity index (χ1v) is 8.68. The van der Waals surface area contributed by atoms with Crippen molar-refractivity contribution in [2.75, 3.05) is 27.3 Å². The third-order valence-corrected chi connectivity index (χ3v) is 4.29.